The average molecular weight is 1100 g/mol. The molecule has 0 spiro atoms. The van der Waals surface area contributed by atoms with E-state index < -0.39 is 53.0 Å². The first kappa shape index (κ1) is 54.9. The van der Waals surface area contributed by atoms with E-state index in [0.29, 0.717) is 94.6 Å². The number of amides is 2. The Balaban J connectivity index is 0.000000169. The monoisotopic (exact) mass is 1100 g/mol. The lowest BCUT2D eigenvalue weighted by molar-refractivity contribution is -0.172. The Kier molecular flexibility index (Phi) is 13.2. The molecular formula is C61H66F2N6O11. The SMILES string of the molecule is CC[C@@]1(O)C(=O)OCc2c1cc1n(c2=O)Cc2c-1nc1cc(F)c(C)c3c1c2[C@@H](NC(=O)COC(C)(C)C)CC3.CC[C@@]1(OC(C)(C)C)C(=O)CCc2c1cc1n(c2=O)Cc2c-1nc1cc(F)c(C)c3c1c2[C@@H](NC(=O)CO)CC3. The van der Waals surface area contributed by atoms with Crippen molar-refractivity contribution in [1.82, 2.24) is 29.7 Å². The number of aromatic nitrogens is 4. The van der Waals surface area contributed by atoms with Gasteiger partial charge >= 0.3 is 5.97 Å². The summed E-state index contributed by atoms with van der Waals surface area (Å²) in [7, 11) is 0. The van der Waals surface area contributed by atoms with E-state index in [-0.39, 0.29) is 84.7 Å². The summed E-state index contributed by atoms with van der Waals surface area (Å²) in [5, 5.41) is 28.2. The number of halogens is 2. The smallest absolute Gasteiger partial charge is 0.343 e. The lowest BCUT2D eigenvalue weighted by Crippen LogP contribution is -2.48. The molecule has 17 nitrogen and oxygen atoms in total. The maximum Gasteiger partial charge on any atom is 0.343 e. The van der Waals surface area contributed by atoms with E-state index in [0.717, 1.165) is 44.2 Å². The van der Waals surface area contributed by atoms with Gasteiger partial charge in [-0.05, 0) is 146 Å². The third-order valence-corrected chi connectivity index (χ3v) is 17.0. The van der Waals surface area contributed by atoms with Gasteiger partial charge in [-0.2, -0.15) is 0 Å². The molecule has 0 fully saturated rings. The highest BCUT2D eigenvalue weighted by Crippen LogP contribution is 2.49. The van der Waals surface area contributed by atoms with E-state index in [9.17, 15) is 39.0 Å². The van der Waals surface area contributed by atoms with Crippen LogP contribution in [0.3, 0.4) is 0 Å². The van der Waals surface area contributed by atoms with Crippen LogP contribution in [0.2, 0.25) is 0 Å². The van der Waals surface area contributed by atoms with Crippen LogP contribution in [0.4, 0.5) is 8.78 Å². The highest BCUT2D eigenvalue weighted by molar-refractivity contribution is 5.96. The third-order valence-electron chi connectivity index (χ3n) is 17.0. The number of hydrogen-bond donors (Lipinski definition) is 4. The summed E-state index contributed by atoms with van der Waals surface area (Å²) < 4.78 is 50.6. The first-order chi connectivity index (χ1) is 37.7. The molecule has 6 aromatic rings. The van der Waals surface area contributed by atoms with Crippen LogP contribution in [0, 0.1) is 25.5 Å². The molecule has 0 saturated heterocycles. The summed E-state index contributed by atoms with van der Waals surface area (Å²) in [6.45, 7) is 17.8. The van der Waals surface area contributed by atoms with Crippen LogP contribution in [0.15, 0.2) is 33.9 Å². The molecule has 12 rings (SSSR count). The molecule has 0 bridgehead atoms. The number of cyclic esters (lactones) is 1. The molecule has 3 aliphatic heterocycles. The van der Waals surface area contributed by atoms with Gasteiger partial charge in [-0.3, -0.25) is 24.0 Å². The van der Waals surface area contributed by atoms with Gasteiger partial charge in [0, 0.05) is 57.1 Å². The quantitative estimate of drug-likeness (QED) is 0.109. The van der Waals surface area contributed by atoms with Crippen LogP contribution >= 0.6 is 0 Å². The van der Waals surface area contributed by atoms with Gasteiger partial charge in [-0.1, -0.05) is 13.8 Å². The molecule has 6 aliphatic rings. The molecule has 0 radical (unpaired) electrons. The Bertz CT molecular complexity index is 3870. The van der Waals surface area contributed by atoms with Crippen molar-refractivity contribution >= 4 is 45.4 Å². The molecule has 4 atom stereocenters. The van der Waals surface area contributed by atoms with Crippen molar-refractivity contribution in [3.8, 4) is 22.8 Å². The van der Waals surface area contributed by atoms with Crippen LogP contribution in [0.5, 0.6) is 0 Å². The fourth-order valence-corrected chi connectivity index (χ4v) is 13.2. The number of Topliss-reactive ketones (excluding diaryl/α,β-unsaturated/α-hetero) is 1. The molecule has 4 N–H and O–H groups in total. The van der Waals surface area contributed by atoms with Gasteiger partial charge in [0.2, 0.25) is 11.8 Å². The van der Waals surface area contributed by atoms with E-state index in [4.69, 9.17) is 24.2 Å². The van der Waals surface area contributed by atoms with Gasteiger partial charge in [0.25, 0.3) is 11.1 Å². The molecular weight excluding hydrogens is 1030 g/mol. The zero-order valence-corrected chi connectivity index (χ0v) is 46.8. The van der Waals surface area contributed by atoms with E-state index >= 15 is 8.78 Å². The van der Waals surface area contributed by atoms with Crippen molar-refractivity contribution in [2.45, 2.75) is 175 Å². The summed E-state index contributed by atoms with van der Waals surface area (Å²) in [5.74, 6) is -2.34. The summed E-state index contributed by atoms with van der Waals surface area (Å²) in [5.41, 5.74) is 5.62. The number of esters is 1. The predicted octanol–water partition coefficient (Wildman–Crippen LogP) is 7.35. The van der Waals surface area contributed by atoms with Crippen molar-refractivity contribution in [2.75, 3.05) is 13.2 Å². The number of fused-ring (bicyclic) bond motifs is 10. The van der Waals surface area contributed by atoms with Crippen LogP contribution in [0.1, 0.15) is 166 Å². The minimum atomic E-state index is -1.95. The molecule has 7 heterocycles. The van der Waals surface area contributed by atoms with E-state index in [2.05, 4.69) is 10.6 Å². The number of pyridine rings is 4. The Morgan fingerprint density at radius 3 is 1.70 bits per heavy atom. The van der Waals surface area contributed by atoms with Crippen molar-refractivity contribution in [1.29, 1.82) is 0 Å². The van der Waals surface area contributed by atoms with Gasteiger partial charge in [0.05, 0.1) is 75.7 Å². The maximum absolute atomic E-state index is 15.0. The summed E-state index contributed by atoms with van der Waals surface area (Å²) in [4.78, 5) is 88.7. The number of rotatable bonds is 8. The van der Waals surface area contributed by atoms with Crippen molar-refractivity contribution < 1.29 is 52.4 Å². The number of aryl methyl sites for hydroxylation is 2. The second-order valence-electron chi connectivity index (χ2n) is 24.0. The molecule has 0 saturated carbocycles. The van der Waals surface area contributed by atoms with E-state index in [1.54, 1.807) is 36.0 Å². The highest BCUT2D eigenvalue weighted by atomic mass is 19.1. The topological polar surface area (TPSA) is 230 Å². The molecule has 0 unspecified atom stereocenters. The summed E-state index contributed by atoms with van der Waals surface area (Å²) >= 11 is 0. The van der Waals surface area contributed by atoms with Crippen LogP contribution < -0.4 is 21.8 Å². The largest absolute Gasteiger partial charge is 0.458 e. The third kappa shape index (κ3) is 8.59. The number of ether oxygens (including phenoxy) is 3. The Labute approximate surface area is 460 Å². The Morgan fingerprint density at radius 1 is 0.700 bits per heavy atom. The number of nitrogens with zero attached hydrogens (tertiary/aromatic N) is 4. The Morgan fingerprint density at radius 2 is 1.21 bits per heavy atom. The molecule has 420 valence electrons. The van der Waals surface area contributed by atoms with Gasteiger partial charge < -0.3 is 44.2 Å². The molecule has 2 amide bonds. The highest BCUT2D eigenvalue weighted by Gasteiger charge is 2.49. The number of nitrogens with one attached hydrogen (secondary N) is 2. The molecule has 2 aromatic carbocycles. The van der Waals surface area contributed by atoms with Gasteiger partial charge in [-0.15, -0.1) is 0 Å². The standard InChI is InChI=1S/C31H34FN3O5.C30H32FN3O6/c1-6-31(40-30(3,4)5)19-11-23-28-18(13-35(23)29(39)17(19)8-10-24(31)37)27-21(33-25(38)14-36)9-7-16-15(2)20(32)12-22(34-28)26(16)27;1-6-30(38)18-9-22-26-16(11-34(22)27(36)17(18)12-39-28(30)37)25-20(32-23(35)13-40-29(3,4)5)8-7-15-14(2)19(31)10-21(33-26)24(15)25/h11-12,21,36H,6-10,13-14H2,1-5H3,(H,33,38);9-10,20,38H,6-8,11-13H2,1-5H3,(H,32,35)/t21-,31-;20-,30-/m00/s1. The first-order valence-electron chi connectivity index (χ1n) is 27.5. The first-order valence-corrected chi connectivity index (χ1v) is 27.5. The van der Waals surface area contributed by atoms with Crippen LogP contribution in [-0.4, -0.2) is 77.3 Å². The van der Waals surface area contributed by atoms with Gasteiger partial charge in [0.1, 0.15) is 31.5 Å². The Hall–Kier alpha value is -7.06. The number of carbonyl (C=O) groups excluding carboxylic acids is 4. The second-order valence-corrected chi connectivity index (χ2v) is 24.0. The minimum Gasteiger partial charge on any atom is -0.458 e. The summed E-state index contributed by atoms with van der Waals surface area (Å²) in [6, 6.07) is 5.49. The van der Waals surface area contributed by atoms with Crippen LogP contribution in [0.25, 0.3) is 44.6 Å². The van der Waals surface area contributed by atoms with E-state index in [1.807, 2.05) is 54.5 Å². The molecule has 80 heavy (non-hydrogen) atoms. The fraction of sp³-hybridized carbons (Fsp3) is 0.475. The normalized spacial score (nSPS) is 21.2. The van der Waals surface area contributed by atoms with Gasteiger partial charge in [-0.25, -0.2) is 23.5 Å². The van der Waals surface area contributed by atoms with E-state index in [1.165, 1.54) is 12.1 Å². The molecule has 19 heteroatoms. The number of carbonyl (C=O) groups is 4. The predicted molar refractivity (Wildman–Crippen MR) is 292 cm³/mol. The lowest BCUT2D eigenvalue weighted by atomic mass is 9.76. The maximum atomic E-state index is 15.0. The number of hydrogen-bond acceptors (Lipinski definition) is 13. The van der Waals surface area contributed by atoms with Gasteiger partial charge in [0.15, 0.2) is 17.0 Å². The minimum absolute atomic E-state index is 0.0313. The molecule has 4 aromatic heterocycles. The average Bonchev–Trinajstić information content (AvgIpc) is 4.19. The number of ketones is 1. The zero-order valence-electron chi connectivity index (χ0n) is 46.8. The number of benzene rings is 2. The zero-order chi connectivity index (χ0) is 57.4. The lowest BCUT2D eigenvalue weighted by Gasteiger charge is -2.41. The second kappa shape index (κ2) is 19.3. The van der Waals surface area contributed by atoms with Crippen LogP contribution in [-0.2, 0) is 83.5 Å². The summed E-state index contributed by atoms with van der Waals surface area (Å²) in [6.07, 6.45) is 3.16. The number of aliphatic hydroxyl groups is 2. The molecule has 3 aliphatic carbocycles. The number of aliphatic hydroxyl groups excluding tert-OH is 1. The van der Waals surface area contributed by atoms with Crippen molar-refractivity contribution in [3.05, 3.63) is 123 Å². The fourth-order valence-electron chi connectivity index (χ4n) is 13.2. The van der Waals surface area contributed by atoms with Crippen molar-refractivity contribution in [3.63, 3.8) is 0 Å². The van der Waals surface area contributed by atoms with Crippen molar-refractivity contribution in [2.24, 2.45) is 0 Å².